The van der Waals surface area contributed by atoms with Gasteiger partial charge in [0.05, 0.1) is 17.6 Å². The standard InChI is InChI=1S/C27H26N4O3/c1-3-28-26(32)18-4-6-19(7-5-18)27(33)31-12-13-34-25-11-9-20(14-22(25)16-31)21-8-10-23-24(15-21)30-17(2)29-23/h4-11,14-15H,3,12-13,16H2,1-2H3,(H,28,32)(H,29,30). The summed E-state index contributed by atoms with van der Waals surface area (Å²) in [4.78, 5) is 34.8. The fraction of sp³-hybridized carbons (Fsp3) is 0.222. The van der Waals surface area contributed by atoms with Crippen LogP contribution in [-0.2, 0) is 6.54 Å². The Hall–Kier alpha value is -4.13. The van der Waals surface area contributed by atoms with Gasteiger partial charge >= 0.3 is 0 Å². The van der Waals surface area contributed by atoms with Gasteiger partial charge in [0.25, 0.3) is 11.8 Å². The summed E-state index contributed by atoms with van der Waals surface area (Å²) in [6.45, 7) is 5.74. The Kier molecular flexibility index (Phi) is 5.76. The number of carbonyl (C=O) groups excluding carboxylic acids is 2. The number of fused-ring (bicyclic) bond motifs is 2. The van der Waals surface area contributed by atoms with Crippen molar-refractivity contribution < 1.29 is 14.3 Å². The smallest absolute Gasteiger partial charge is 0.254 e. The molecule has 1 aliphatic heterocycles. The summed E-state index contributed by atoms with van der Waals surface area (Å²) in [5.74, 6) is 1.45. The zero-order valence-electron chi connectivity index (χ0n) is 19.2. The second kappa shape index (κ2) is 9.02. The number of H-pyrrole nitrogens is 1. The highest BCUT2D eigenvalue weighted by Gasteiger charge is 2.22. The van der Waals surface area contributed by atoms with Crippen molar-refractivity contribution in [1.82, 2.24) is 20.2 Å². The SMILES string of the molecule is CCNC(=O)c1ccc(C(=O)N2CCOc3ccc(-c4ccc5nc(C)[nH]c5c4)cc3C2)cc1. The maximum atomic E-state index is 13.2. The maximum absolute atomic E-state index is 13.2. The largest absolute Gasteiger partial charge is 0.491 e. The zero-order valence-corrected chi connectivity index (χ0v) is 19.2. The molecule has 2 heterocycles. The van der Waals surface area contributed by atoms with E-state index >= 15 is 0 Å². The van der Waals surface area contributed by atoms with Gasteiger partial charge in [-0.15, -0.1) is 0 Å². The molecule has 34 heavy (non-hydrogen) atoms. The lowest BCUT2D eigenvalue weighted by molar-refractivity contribution is 0.0732. The van der Waals surface area contributed by atoms with Crippen molar-refractivity contribution in [2.75, 3.05) is 19.7 Å². The topological polar surface area (TPSA) is 87.3 Å². The van der Waals surface area contributed by atoms with E-state index in [0.29, 0.717) is 37.4 Å². The van der Waals surface area contributed by atoms with Gasteiger partial charge in [-0.2, -0.15) is 0 Å². The Morgan fingerprint density at radius 3 is 2.56 bits per heavy atom. The van der Waals surface area contributed by atoms with Crippen LogP contribution in [0.3, 0.4) is 0 Å². The van der Waals surface area contributed by atoms with Crippen molar-refractivity contribution in [3.05, 3.63) is 83.2 Å². The van der Waals surface area contributed by atoms with Crippen molar-refractivity contribution >= 4 is 22.8 Å². The predicted molar refractivity (Wildman–Crippen MR) is 131 cm³/mol. The highest BCUT2D eigenvalue weighted by molar-refractivity contribution is 5.98. The van der Waals surface area contributed by atoms with Crippen molar-refractivity contribution in [3.63, 3.8) is 0 Å². The number of hydrogen-bond acceptors (Lipinski definition) is 4. The van der Waals surface area contributed by atoms with Gasteiger partial charge in [-0.1, -0.05) is 12.1 Å². The Bertz CT molecular complexity index is 1370. The second-order valence-electron chi connectivity index (χ2n) is 8.39. The zero-order chi connectivity index (χ0) is 23.7. The lowest BCUT2D eigenvalue weighted by Crippen LogP contribution is -2.32. The lowest BCUT2D eigenvalue weighted by Gasteiger charge is -2.20. The Morgan fingerprint density at radius 1 is 1.03 bits per heavy atom. The van der Waals surface area contributed by atoms with Gasteiger partial charge in [-0.05, 0) is 73.5 Å². The number of imidazole rings is 1. The molecule has 4 aromatic rings. The van der Waals surface area contributed by atoms with E-state index in [9.17, 15) is 9.59 Å². The van der Waals surface area contributed by atoms with Crippen molar-refractivity contribution in [3.8, 4) is 16.9 Å². The molecule has 2 amide bonds. The molecule has 0 radical (unpaired) electrons. The summed E-state index contributed by atoms with van der Waals surface area (Å²) in [5.41, 5.74) is 6.11. The Balaban J connectivity index is 1.39. The van der Waals surface area contributed by atoms with Crippen molar-refractivity contribution in [1.29, 1.82) is 0 Å². The van der Waals surface area contributed by atoms with E-state index in [1.54, 1.807) is 29.2 Å². The van der Waals surface area contributed by atoms with Gasteiger partial charge < -0.3 is 19.9 Å². The molecule has 3 aromatic carbocycles. The first-order valence-corrected chi connectivity index (χ1v) is 11.4. The van der Waals surface area contributed by atoms with Crippen molar-refractivity contribution in [2.45, 2.75) is 20.4 Å². The molecule has 2 N–H and O–H groups in total. The quantitative estimate of drug-likeness (QED) is 0.481. The van der Waals surface area contributed by atoms with E-state index in [-0.39, 0.29) is 11.8 Å². The van der Waals surface area contributed by atoms with E-state index in [0.717, 1.165) is 39.3 Å². The van der Waals surface area contributed by atoms with E-state index in [1.165, 1.54) is 0 Å². The Labute approximate surface area is 197 Å². The van der Waals surface area contributed by atoms with Crippen LogP contribution in [0.25, 0.3) is 22.2 Å². The van der Waals surface area contributed by atoms with Gasteiger partial charge in [-0.3, -0.25) is 9.59 Å². The number of amides is 2. The number of benzene rings is 3. The van der Waals surface area contributed by atoms with Crippen LogP contribution in [0.2, 0.25) is 0 Å². The first-order valence-electron chi connectivity index (χ1n) is 11.4. The van der Waals surface area contributed by atoms with Crippen LogP contribution in [0, 0.1) is 6.92 Å². The fourth-order valence-corrected chi connectivity index (χ4v) is 4.27. The first-order chi connectivity index (χ1) is 16.5. The van der Waals surface area contributed by atoms with Gasteiger partial charge in [0.2, 0.25) is 0 Å². The van der Waals surface area contributed by atoms with E-state index < -0.39 is 0 Å². The predicted octanol–water partition coefficient (Wildman–Crippen LogP) is 4.32. The number of hydrogen-bond donors (Lipinski definition) is 2. The minimum Gasteiger partial charge on any atom is -0.491 e. The monoisotopic (exact) mass is 454 g/mol. The van der Waals surface area contributed by atoms with Gasteiger partial charge in [-0.25, -0.2) is 4.98 Å². The summed E-state index contributed by atoms with van der Waals surface area (Å²) in [7, 11) is 0. The molecule has 0 bridgehead atoms. The first kappa shape index (κ1) is 21.7. The molecule has 0 atom stereocenters. The molecule has 1 aliphatic rings. The summed E-state index contributed by atoms with van der Waals surface area (Å²) in [5, 5.41) is 2.77. The third kappa shape index (κ3) is 4.24. The molecule has 7 heteroatoms. The van der Waals surface area contributed by atoms with E-state index in [2.05, 4.69) is 33.5 Å². The molecule has 0 saturated heterocycles. The molecule has 0 aliphatic carbocycles. The van der Waals surface area contributed by atoms with Crippen LogP contribution < -0.4 is 10.1 Å². The van der Waals surface area contributed by atoms with Crippen LogP contribution in [0.1, 0.15) is 39.0 Å². The molecule has 0 unspecified atom stereocenters. The molecule has 172 valence electrons. The number of ether oxygens (including phenoxy) is 1. The highest BCUT2D eigenvalue weighted by atomic mass is 16.5. The number of aromatic nitrogens is 2. The van der Waals surface area contributed by atoms with Crippen LogP contribution >= 0.6 is 0 Å². The molecule has 0 fully saturated rings. The third-order valence-corrected chi connectivity index (χ3v) is 5.99. The number of nitrogens with zero attached hydrogens (tertiary/aromatic N) is 2. The molecule has 0 saturated carbocycles. The normalized spacial score (nSPS) is 13.2. The van der Waals surface area contributed by atoms with E-state index in [1.807, 2.05) is 32.0 Å². The number of nitrogens with one attached hydrogen (secondary N) is 2. The average Bonchev–Trinajstić information content (AvgIpc) is 3.09. The summed E-state index contributed by atoms with van der Waals surface area (Å²) in [6.07, 6.45) is 0. The average molecular weight is 455 g/mol. The molecule has 1 aromatic heterocycles. The minimum atomic E-state index is -0.144. The maximum Gasteiger partial charge on any atom is 0.254 e. The molecule has 5 rings (SSSR count). The summed E-state index contributed by atoms with van der Waals surface area (Å²) >= 11 is 0. The van der Waals surface area contributed by atoms with Gasteiger partial charge in [0.1, 0.15) is 18.2 Å². The van der Waals surface area contributed by atoms with Crippen LogP contribution in [-0.4, -0.2) is 46.4 Å². The number of carbonyl (C=O) groups is 2. The molecule has 0 spiro atoms. The van der Waals surface area contributed by atoms with E-state index in [4.69, 9.17) is 4.74 Å². The molecular weight excluding hydrogens is 428 g/mol. The van der Waals surface area contributed by atoms with Gasteiger partial charge in [0, 0.05) is 29.8 Å². The van der Waals surface area contributed by atoms with Gasteiger partial charge in [0.15, 0.2) is 0 Å². The fourth-order valence-electron chi connectivity index (χ4n) is 4.27. The third-order valence-electron chi connectivity index (χ3n) is 5.99. The number of aryl methyl sites for hydroxylation is 1. The van der Waals surface area contributed by atoms with Crippen LogP contribution in [0.15, 0.2) is 60.7 Å². The molecular formula is C27H26N4O3. The van der Waals surface area contributed by atoms with Crippen LogP contribution in [0.5, 0.6) is 5.75 Å². The minimum absolute atomic E-state index is 0.0846. The van der Waals surface area contributed by atoms with Crippen LogP contribution in [0.4, 0.5) is 0 Å². The number of rotatable bonds is 4. The second-order valence-corrected chi connectivity index (χ2v) is 8.39. The number of aromatic amines is 1. The Morgan fingerprint density at radius 2 is 1.76 bits per heavy atom. The summed E-state index contributed by atoms with van der Waals surface area (Å²) in [6, 6.07) is 19.0. The molecule has 7 nitrogen and oxygen atoms in total. The highest BCUT2D eigenvalue weighted by Crippen LogP contribution is 2.31. The summed E-state index contributed by atoms with van der Waals surface area (Å²) < 4.78 is 5.94. The lowest BCUT2D eigenvalue weighted by atomic mass is 10.0. The van der Waals surface area contributed by atoms with Crippen molar-refractivity contribution in [2.24, 2.45) is 0 Å².